The Hall–Kier alpha value is -1.06. The zero-order chi connectivity index (χ0) is 13.0. The van der Waals surface area contributed by atoms with Gasteiger partial charge in [-0.05, 0) is 56.6 Å². The van der Waals surface area contributed by atoms with E-state index in [1.807, 2.05) is 12.1 Å². The highest BCUT2D eigenvalue weighted by molar-refractivity contribution is 6.30. The van der Waals surface area contributed by atoms with Crippen molar-refractivity contribution in [3.63, 3.8) is 0 Å². The standard InChI is InChI=1S/C14H19ClN2O/c1-17-8-2-3-11(10-17)9-14(18)16-13-6-4-12(15)5-7-13/h4-7,11H,2-3,8-10H2,1H3,(H,16,18). The second-order valence-electron chi connectivity index (χ2n) is 5.03. The van der Waals surface area contributed by atoms with E-state index in [0.717, 1.165) is 25.2 Å². The molecule has 1 aromatic rings. The number of carbonyl (C=O) groups is 1. The lowest BCUT2D eigenvalue weighted by Crippen LogP contribution is -2.34. The number of piperidine rings is 1. The van der Waals surface area contributed by atoms with Crippen molar-refractivity contribution in [1.29, 1.82) is 0 Å². The molecular formula is C14H19ClN2O. The van der Waals surface area contributed by atoms with Gasteiger partial charge in [-0.15, -0.1) is 0 Å². The molecule has 1 aliphatic rings. The molecule has 1 saturated heterocycles. The second kappa shape index (κ2) is 6.21. The Bertz CT molecular complexity index is 405. The summed E-state index contributed by atoms with van der Waals surface area (Å²) in [5.41, 5.74) is 0.813. The van der Waals surface area contributed by atoms with Crippen LogP contribution in [0.1, 0.15) is 19.3 Å². The Morgan fingerprint density at radius 3 is 2.83 bits per heavy atom. The molecular weight excluding hydrogens is 248 g/mol. The van der Waals surface area contributed by atoms with Crippen LogP contribution in [-0.2, 0) is 4.79 Å². The number of nitrogens with zero attached hydrogens (tertiary/aromatic N) is 1. The Balaban J connectivity index is 1.83. The molecule has 0 spiro atoms. The molecule has 4 heteroatoms. The average molecular weight is 267 g/mol. The largest absolute Gasteiger partial charge is 0.326 e. The van der Waals surface area contributed by atoms with Crippen LogP contribution in [0.25, 0.3) is 0 Å². The number of hydrogen-bond donors (Lipinski definition) is 1. The fourth-order valence-corrected chi connectivity index (χ4v) is 2.57. The van der Waals surface area contributed by atoms with E-state index < -0.39 is 0 Å². The van der Waals surface area contributed by atoms with Crippen molar-refractivity contribution < 1.29 is 4.79 Å². The first-order valence-electron chi connectivity index (χ1n) is 6.37. The summed E-state index contributed by atoms with van der Waals surface area (Å²) in [5, 5.41) is 3.60. The van der Waals surface area contributed by atoms with Crippen LogP contribution in [0.15, 0.2) is 24.3 Å². The number of halogens is 1. The molecule has 1 aliphatic heterocycles. The molecule has 1 N–H and O–H groups in total. The average Bonchev–Trinajstić information content (AvgIpc) is 2.32. The number of anilines is 1. The molecule has 1 unspecified atom stereocenters. The van der Waals surface area contributed by atoms with Gasteiger partial charge in [0.25, 0.3) is 0 Å². The maximum absolute atomic E-state index is 11.9. The topological polar surface area (TPSA) is 32.3 Å². The summed E-state index contributed by atoms with van der Waals surface area (Å²) in [7, 11) is 2.11. The normalized spacial score (nSPS) is 20.7. The van der Waals surface area contributed by atoms with Gasteiger partial charge in [-0.1, -0.05) is 11.6 Å². The van der Waals surface area contributed by atoms with Gasteiger partial charge in [-0.25, -0.2) is 0 Å². The minimum Gasteiger partial charge on any atom is -0.326 e. The van der Waals surface area contributed by atoms with Crippen molar-refractivity contribution in [3.8, 4) is 0 Å². The van der Waals surface area contributed by atoms with Crippen LogP contribution in [-0.4, -0.2) is 30.9 Å². The predicted octanol–water partition coefficient (Wildman–Crippen LogP) is 3.01. The van der Waals surface area contributed by atoms with Crippen molar-refractivity contribution in [1.82, 2.24) is 4.90 Å². The van der Waals surface area contributed by atoms with E-state index in [9.17, 15) is 4.79 Å². The molecule has 3 nitrogen and oxygen atoms in total. The maximum atomic E-state index is 11.9. The number of rotatable bonds is 3. The molecule has 0 radical (unpaired) electrons. The number of hydrogen-bond acceptors (Lipinski definition) is 2. The van der Waals surface area contributed by atoms with E-state index in [-0.39, 0.29) is 5.91 Å². The van der Waals surface area contributed by atoms with Crippen molar-refractivity contribution in [2.75, 3.05) is 25.5 Å². The van der Waals surface area contributed by atoms with Crippen LogP contribution >= 0.6 is 11.6 Å². The van der Waals surface area contributed by atoms with Crippen LogP contribution in [0.5, 0.6) is 0 Å². The Labute approximate surface area is 113 Å². The molecule has 1 atom stereocenters. The van der Waals surface area contributed by atoms with Crippen molar-refractivity contribution in [2.45, 2.75) is 19.3 Å². The first kappa shape index (κ1) is 13.4. The van der Waals surface area contributed by atoms with Crippen LogP contribution in [0.3, 0.4) is 0 Å². The highest BCUT2D eigenvalue weighted by Crippen LogP contribution is 2.19. The fourth-order valence-electron chi connectivity index (χ4n) is 2.45. The molecule has 1 heterocycles. The molecule has 0 saturated carbocycles. The number of benzene rings is 1. The summed E-state index contributed by atoms with van der Waals surface area (Å²) in [5.74, 6) is 0.577. The number of carbonyl (C=O) groups excluding carboxylic acids is 1. The number of likely N-dealkylation sites (tertiary alicyclic amines) is 1. The first-order chi connectivity index (χ1) is 8.63. The zero-order valence-electron chi connectivity index (χ0n) is 10.7. The van der Waals surface area contributed by atoms with Gasteiger partial charge in [-0.2, -0.15) is 0 Å². The molecule has 1 aromatic carbocycles. The third-order valence-electron chi connectivity index (χ3n) is 3.32. The second-order valence-corrected chi connectivity index (χ2v) is 5.47. The van der Waals surface area contributed by atoms with Gasteiger partial charge >= 0.3 is 0 Å². The van der Waals surface area contributed by atoms with E-state index in [2.05, 4.69) is 17.3 Å². The summed E-state index contributed by atoms with van der Waals surface area (Å²) in [6.07, 6.45) is 2.95. The molecule has 98 valence electrons. The zero-order valence-corrected chi connectivity index (χ0v) is 11.4. The summed E-state index contributed by atoms with van der Waals surface area (Å²) >= 11 is 5.80. The summed E-state index contributed by atoms with van der Waals surface area (Å²) in [6, 6.07) is 7.22. The smallest absolute Gasteiger partial charge is 0.224 e. The monoisotopic (exact) mass is 266 g/mol. The van der Waals surface area contributed by atoms with Gasteiger partial charge in [0.1, 0.15) is 0 Å². The lowest BCUT2D eigenvalue weighted by atomic mass is 9.95. The molecule has 0 aromatic heterocycles. The Morgan fingerprint density at radius 2 is 2.17 bits per heavy atom. The van der Waals surface area contributed by atoms with E-state index in [0.29, 0.717) is 17.4 Å². The maximum Gasteiger partial charge on any atom is 0.224 e. The lowest BCUT2D eigenvalue weighted by Gasteiger charge is -2.29. The molecule has 2 rings (SSSR count). The van der Waals surface area contributed by atoms with Gasteiger partial charge < -0.3 is 10.2 Å². The number of nitrogens with one attached hydrogen (secondary N) is 1. The van der Waals surface area contributed by atoms with Gasteiger partial charge in [0.15, 0.2) is 0 Å². The van der Waals surface area contributed by atoms with E-state index >= 15 is 0 Å². The van der Waals surface area contributed by atoms with E-state index in [1.165, 1.54) is 6.42 Å². The summed E-state index contributed by atoms with van der Waals surface area (Å²) < 4.78 is 0. The van der Waals surface area contributed by atoms with E-state index in [4.69, 9.17) is 11.6 Å². The molecule has 0 aliphatic carbocycles. The van der Waals surface area contributed by atoms with Gasteiger partial charge in [0.2, 0.25) is 5.91 Å². The van der Waals surface area contributed by atoms with E-state index in [1.54, 1.807) is 12.1 Å². The Morgan fingerprint density at radius 1 is 1.44 bits per heavy atom. The quantitative estimate of drug-likeness (QED) is 0.912. The highest BCUT2D eigenvalue weighted by atomic mass is 35.5. The predicted molar refractivity (Wildman–Crippen MR) is 74.9 cm³/mol. The minimum atomic E-state index is 0.0950. The van der Waals surface area contributed by atoms with Gasteiger partial charge in [0, 0.05) is 23.7 Å². The highest BCUT2D eigenvalue weighted by Gasteiger charge is 2.19. The summed E-state index contributed by atoms with van der Waals surface area (Å²) in [6.45, 7) is 2.17. The fraction of sp³-hybridized carbons (Fsp3) is 0.500. The summed E-state index contributed by atoms with van der Waals surface area (Å²) in [4.78, 5) is 14.2. The molecule has 0 bridgehead atoms. The minimum absolute atomic E-state index is 0.0950. The van der Waals surface area contributed by atoms with Crippen molar-refractivity contribution >= 4 is 23.2 Å². The van der Waals surface area contributed by atoms with Crippen LogP contribution < -0.4 is 5.32 Å². The van der Waals surface area contributed by atoms with Crippen LogP contribution in [0.2, 0.25) is 5.02 Å². The van der Waals surface area contributed by atoms with Crippen molar-refractivity contribution in [2.24, 2.45) is 5.92 Å². The lowest BCUT2D eigenvalue weighted by molar-refractivity contribution is -0.117. The van der Waals surface area contributed by atoms with Crippen LogP contribution in [0.4, 0.5) is 5.69 Å². The third kappa shape index (κ3) is 4.00. The molecule has 1 amide bonds. The SMILES string of the molecule is CN1CCCC(CC(=O)Nc2ccc(Cl)cc2)C1. The first-order valence-corrected chi connectivity index (χ1v) is 6.75. The van der Waals surface area contributed by atoms with Crippen molar-refractivity contribution in [3.05, 3.63) is 29.3 Å². The van der Waals surface area contributed by atoms with Gasteiger partial charge in [0.05, 0.1) is 0 Å². The van der Waals surface area contributed by atoms with Gasteiger partial charge in [-0.3, -0.25) is 4.79 Å². The number of amides is 1. The third-order valence-corrected chi connectivity index (χ3v) is 3.58. The Kier molecular flexibility index (Phi) is 4.61. The molecule has 1 fully saturated rings. The van der Waals surface area contributed by atoms with Crippen LogP contribution in [0, 0.1) is 5.92 Å². The molecule has 18 heavy (non-hydrogen) atoms.